The zero-order valence-electron chi connectivity index (χ0n) is 11.0. The SMILES string of the molecule is CC(=O)N1C2=NC(C)(C)NC(=O)N2c2ccccc21. The third-order valence-electron chi connectivity index (χ3n) is 3.07. The van der Waals surface area contributed by atoms with Crippen LogP contribution in [0.25, 0.3) is 0 Å². The van der Waals surface area contributed by atoms with Gasteiger partial charge in [0.2, 0.25) is 11.9 Å². The Morgan fingerprint density at radius 1 is 1.26 bits per heavy atom. The number of benzene rings is 1. The van der Waals surface area contributed by atoms with E-state index in [2.05, 4.69) is 10.3 Å². The second kappa shape index (κ2) is 3.57. The fourth-order valence-electron chi connectivity index (χ4n) is 2.36. The number of hydrogen-bond donors (Lipinski definition) is 1. The molecule has 0 bridgehead atoms. The van der Waals surface area contributed by atoms with Crippen molar-refractivity contribution in [2.75, 3.05) is 9.80 Å². The van der Waals surface area contributed by atoms with E-state index in [1.807, 2.05) is 12.1 Å². The first-order chi connectivity index (χ1) is 8.91. The summed E-state index contributed by atoms with van der Waals surface area (Å²) in [6.07, 6.45) is 0. The maximum Gasteiger partial charge on any atom is 0.330 e. The number of amides is 3. The quantitative estimate of drug-likeness (QED) is 0.769. The molecule has 3 rings (SSSR count). The van der Waals surface area contributed by atoms with E-state index < -0.39 is 5.66 Å². The molecular formula is C13H14N4O2. The lowest BCUT2D eigenvalue weighted by atomic mass is 10.2. The molecule has 19 heavy (non-hydrogen) atoms. The fourth-order valence-corrected chi connectivity index (χ4v) is 2.36. The van der Waals surface area contributed by atoms with Crippen LogP contribution in [0.4, 0.5) is 16.2 Å². The topological polar surface area (TPSA) is 65.0 Å². The molecule has 0 spiro atoms. The molecule has 6 nitrogen and oxygen atoms in total. The Balaban J connectivity index is 2.25. The van der Waals surface area contributed by atoms with Crippen LogP contribution >= 0.6 is 0 Å². The molecule has 0 atom stereocenters. The third kappa shape index (κ3) is 1.60. The predicted octanol–water partition coefficient (Wildman–Crippen LogP) is 1.67. The largest absolute Gasteiger partial charge is 0.330 e. The second-order valence-electron chi connectivity index (χ2n) is 5.08. The van der Waals surface area contributed by atoms with Gasteiger partial charge in [0.1, 0.15) is 5.66 Å². The average Bonchev–Trinajstić information content (AvgIpc) is 2.60. The summed E-state index contributed by atoms with van der Waals surface area (Å²) in [4.78, 5) is 31.4. The Bertz CT molecular complexity index is 606. The molecule has 0 saturated carbocycles. The zero-order chi connectivity index (χ0) is 13.8. The van der Waals surface area contributed by atoms with E-state index in [4.69, 9.17) is 0 Å². The standard InChI is InChI=1S/C13H14N4O2/c1-8(18)16-9-6-4-5-7-10(9)17-11(16)14-13(2,3)15-12(17)19/h4-7H,1-3H3,(H,15,19). The highest BCUT2D eigenvalue weighted by Crippen LogP contribution is 2.39. The molecule has 2 heterocycles. The van der Waals surface area contributed by atoms with Crippen molar-refractivity contribution in [3.63, 3.8) is 0 Å². The number of guanidine groups is 1. The van der Waals surface area contributed by atoms with Crippen molar-refractivity contribution in [2.45, 2.75) is 26.4 Å². The van der Waals surface area contributed by atoms with Crippen molar-refractivity contribution in [1.82, 2.24) is 5.32 Å². The van der Waals surface area contributed by atoms with Crippen LogP contribution in [0.5, 0.6) is 0 Å². The first-order valence-electron chi connectivity index (χ1n) is 6.02. The number of anilines is 2. The number of fused-ring (bicyclic) bond motifs is 3. The number of hydrogen-bond acceptors (Lipinski definition) is 3. The molecule has 0 radical (unpaired) electrons. The number of carbonyl (C=O) groups is 2. The number of urea groups is 1. The molecule has 3 amide bonds. The van der Waals surface area contributed by atoms with E-state index in [0.717, 1.165) is 0 Å². The van der Waals surface area contributed by atoms with Gasteiger partial charge in [0.25, 0.3) is 0 Å². The Morgan fingerprint density at radius 3 is 2.53 bits per heavy atom. The van der Waals surface area contributed by atoms with Gasteiger partial charge >= 0.3 is 6.03 Å². The summed E-state index contributed by atoms with van der Waals surface area (Å²) in [6, 6.07) is 6.99. The van der Waals surface area contributed by atoms with Gasteiger partial charge in [-0.25, -0.2) is 19.6 Å². The van der Waals surface area contributed by atoms with Crippen LogP contribution in [0.15, 0.2) is 29.3 Å². The van der Waals surface area contributed by atoms with Crippen LogP contribution in [0.3, 0.4) is 0 Å². The highest BCUT2D eigenvalue weighted by Gasteiger charge is 2.44. The minimum atomic E-state index is -0.724. The molecule has 1 N–H and O–H groups in total. The van der Waals surface area contributed by atoms with Crippen molar-refractivity contribution in [1.29, 1.82) is 0 Å². The summed E-state index contributed by atoms with van der Waals surface area (Å²) in [5, 5.41) is 2.79. The number of aliphatic imine (C=N–C) groups is 1. The van der Waals surface area contributed by atoms with E-state index in [1.165, 1.54) is 16.7 Å². The summed E-state index contributed by atoms with van der Waals surface area (Å²) >= 11 is 0. The van der Waals surface area contributed by atoms with Crippen molar-refractivity contribution >= 4 is 29.3 Å². The Hall–Kier alpha value is -2.37. The van der Waals surface area contributed by atoms with Gasteiger partial charge in [0, 0.05) is 6.92 Å². The lowest BCUT2D eigenvalue weighted by molar-refractivity contribution is -0.115. The Kier molecular flexibility index (Phi) is 2.20. The van der Waals surface area contributed by atoms with Crippen molar-refractivity contribution in [3.8, 4) is 0 Å². The summed E-state index contributed by atoms with van der Waals surface area (Å²) in [6.45, 7) is 5.04. The minimum Gasteiger partial charge on any atom is -0.313 e. The molecule has 0 unspecified atom stereocenters. The van der Waals surface area contributed by atoms with Gasteiger partial charge in [-0.15, -0.1) is 0 Å². The lowest BCUT2D eigenvalue weighted by Crippen LogP contribution is -2.59. The monoisotopic (exact) mass is 258 g/mol. The van der Waals surface area contributed by atoms with E-state index in [-0.39, 0.29) is 11.9 Å². The Morgan fingerprint density at radius 2 is 1.89 bits per heavy atom. The van der Waals surface area contributed by atoms with Crippen LogP contribution in [-0.4, -0.2) is 23.6 Å². The van der Waals surface area contributed by atoms with Crippen LogP contribution < -0.4 is 15.1 Å². The molecule has 98 valence electrons. The number of carbonyl (C=O) groups excluding carboxylic acids is 2. The van der Waals surface area contributed by atoms with Crippen LogP contribution in [0.1, 0.15) is 20.8 Å². The smallest absolute Gasteiger partial charge is 0.313 e. The molecule has 0 aromatic heterocycles. The number of para-hydroxylation sites is 2. The van der Waals surface area contributed by atoms with Gasteiger partial charge in [-0.2, -0.15) is 0 Å². The van der Waals surface area contributed by atoms with Crippen LogP contribution in [-0.2, 0) is 4.79 Å². The summed E-state index contributed by atoms with van der Waals surface area (Å²) in [5.41, 5.74) is 0.629. The third-order valence-corrected chi connectivity index (χ3v) is 3.07. The second-order valence-corrected chi connectivity index (χ2v) is 5.08. The molecule has 2 aliphatic heterocycles. The maximum absolute atomic E-state index is 12.2. The van der Waals surface area contributed by atoms with E-state index >= 15 is 0 Å². The van der Waals surface area contributed by atoms with E-state index in [9.17, 15) is 9.59 Å². The summed E-state index contributed by atoms with van der Waals surface area (Å²) in [5.74, 6) is 0.196. The van der Waals surface area contributed by atoms with Crippen molar-refractivity contribution in [3.05, 3.63) is 24.3 Å². The van der Waals surface area contributed by atoms with Gasteiger partial charge in [0.15, 0.2) is 0 Å². The molecule has 0 saturated heterocycles. The van der Waals surface area contributed by atoms with Crippen LogP contribution in [0.2, 0.25) is 0 Å². The Labute approximate surface area is 110 Å². The number of rotatable bonds is 0. The van der Waals surface area contributed by atoms with Crippen molar-refractivity contribution < 1.29 is 9.59 Å². The fraction of sp³-hybridized carbons (Fsp3) is 0.308. The molecule has 6 heteroatoms. The molecular weight excluding hydrogens is 244 g/mol. The minimum absolute atomic E-state index is 0.167. The normalized spacial score (nSPS) is 19.5. The van der Waals surface area contributed by atoms with Gasteiger partial charge in [0.05, 0.1) is 11.4 Å². The molecule has 1 aromatic carbocycles. The molecule has 1 aromatic rings. The maximum atomic E-state index is 12.2. The summed E-state index contributed by atoms with van der Waals surface area (Å²) in [7, 11) is 0. The van der Waals surface area contributed by atoms with Gasteiger partial charge in [-0.1, -0.05) is 12.1 Å². The van der Waals surface area contributed by atoms with Gasteiger partial charge < -0.3 is 5.32 Å². The van der Waals surface area contributed by atoms with Gasteiger partial charge in [-0.3, -0.25) is 4.79 Å². The average molecular weight is 258 g/mol. The lowest BCUT2D eigenvalue weighted by Gasteiger charge is -2.33. The number of nitrogens with one attached hydrogen (secondary N) is 1. The first-order valence-corrected chi connectivity index (χ1v) is 6.02. The van der Waals surface area contributed by atoms with Crippen molar-refractivity contribution in [2.24, 2.45) is 4.99 Å². The van der Waals surface area contributed by atoms with Crippen LogP contribution in [0, 0.1) is 0 Å². The molecule has 0 fully saturated rings. The van der Waals surface area contributed by atoms with E-state index in [0.29, 0.717) is 17.3 Å². The first kappa shape index (κ1) is 11.7. The summed E-state index contributed by atoms with van der Waals surface area (Å²) < 4.78 is 0. The molecule has 2 aliphatic rings. The highest BCUT2D eigenvalue weighted by atomic mass is 16.2. The van der Waals surface area contributed by atoms with E-state index in [1.54, 1.807) is 26.0 Å². The van der Waals surface area contributed by atoms with Gasteiger partial charge in [-0.05, 0) is 26.0 Å². The predicted molar refractivity (Wildman–Crippen MR) is 72.1 cm³/mol. The molecule has 0 aliphatic carbocycles. The highest BCUT2D eigenvalue weighted by molar-refractivity contribution is 6.35. The zero-order valence-corrected chi connectivity index (χ0v) is 11.0. The number of nitrogens with zero attached hydrogens (tertiary/aromatic N) is 3.